The summed E-state index contributed by atoms with van der Waals surface area (Å²) >= 11 is 0. The fourth-order valence-electron chi connectivity index (χ4n) is 3.80. The summed E-state index contributed by atoms with van der Waals surface area (Å²) in [6.07, 6.45) is 0. The molecule has 1 aromatic heterocycles. The molecule has 0 saturated carbocycles. The first-order valence-electron chi connectivity index (χ1n) is 10.4. The Labute approximate surface area is 191 Å². The van der Waals surface area contributed by atoms with E-state index in [9.17, 15) is 9.59 Å². The molecule has 0 N–H and O–H groups in total. The summed E-state index contributed by atoms with van der Waals surface area (Å²) in [5, 5.41) is 0. The van der Waals surface area contributed by atoms with E-state index in [1.165, 1.54) is 14.2 Å². The van der Waals surface area contributed by atoms with Crippen LogP contribution in [0.15, 0.2) is 42.5 Å². The molecular weight excluding hydrogens is 426 g/mol. The second kappa shape index (κ2) is 9.28. The summed E-state index contributed by atoms with van der Waals surface area (Å²) in [6, 6.07) is 12.4. The van der Waals surface area contributed by atoms with Crippen molar-refractivity contribution in [2.45, 2.75) is 20.4 Å². The molecule has 2 heterocycles. The number of esters is 1. The van der Waals surface area contributed by atoms with Gasteiger partial charge in [-0.15, -0.1) is 0 Å². The molecule has 8 nitrogen and oxygen atoms in total. The van der Waals surface area contributed by atoms with Crippen LogP contribution in [0.2, 0.25) is 0 Å². The van der Waals surface area contributed by atoms with E-state index in [-0.39, 0.29) is 24.7 Å². The number of nitrogens with zero attached hydrogens (tertiary/aromatic N) is 1. The number of methoxy groups -OCH3 is 2. The Balaban J connectivity index is 1.45. The van der Waals surface area contributed by atoms with Crippen molar-refractivity contribution in [1.29, 1.82) is 0 Å². The number of carbonyl (C=O) groups excluding carboxylic acids is 2. The Hall–Kier alpha value is -3.94. The summed E-state index contributed by atoms with van der Waals surface area (Å²) in [7, 11) is 2.97. The SMILES string of the molecule is COc1ccc(C(=O)OCC(=O)c2cc(C)n(Cc3ccc4c(c3)OCO4)c2C)c(OC)c1. The summed E-state index contributed by atoms with van der Waals surface area (Å²) < 4.78 is 28.5. The first kappa shape index (κ1) is 22.3. The number of hydrogen-bond donors (Lipinski definition) is 0. The van der Waals surface area contributed by atoms with E-state index in [0.717, 1.165) is 22.7 Å². The fourth-order valence-corrected chi connectivity index (χ4v) is 3.80. The van der Waals surface area contributed by atoms with Crippen molar-refractivity contribution in [3.8, 4) is 23.0 Å². The first-order valence-corrected chi connectivity index (χ1v) is 10.4. The molecule has 0 radical (unpaired) electrons. The highest BCUT2D eigenvalue weighted by molar-refractivity contribution is 6.01. The van der Waals surface area contributed by atoms with Crippen LogP contribution < -0.4 is 18.9 Å². The van der Waals surface area contributed by atoms with Crippen LogP contribution in [0.3, 0.4) is 0 Å². The third kappa shape index (κ3) is 4.50. The van der Waals surface area contributed by atoms with E-state index < -0.39 is 5.97 Å². The van der Waals surface area contributed by atoms with Crippen molar-refractivity contribution >= 4 is 11.8 Å². The molecule has 8 heteroatoms. The van der Waals surface area contributed by atoms with Crippen LogP contribution in [0.1, 0.15) is 37.7 Å². The fraction of sp³-hybridized carbons (Fsp3) is 0.280. The number of carbonyl (C=O) groups is 2. The van der Waals surface area contributed by atoms with Crippen molar-refractivity contribution in [2.24, 2.45) is 0 Å². The van der Waals surface area contributed by atoms with Gasteiger partial charge in [0.1, 0.15) is 17.1 Å². The molecule has 1 aliphatic rings. The van der Waals surface area contributed by atoms with E-state index >= 15 is 0 Å². The van der Waals surface area contributed by atoms with Crippen LogP contribution in [-0.4, -0.2) is 43.9 Å². The van der Waals surface area contributed by atoms with E-state index in [0.29, 0.717) is 29.4 Å². The van der Waals surface area contributed by atoms with E-state index in [4.69, 9.17) is 23.7 Å². The van der Waals surface area contributed by atoms with Crippen LogP contribution in [0.5, 0.6) is 23.0 Å². The molecule has 0 fully saturated rings. The largest absolute Gasteiger partial charge is 0.497 e. The standard InChI is InChI=1S/C25H25NO7/c1-15-9-20(16(2)26(15)12-17-5-8-22-24(10-17)33-14-32-22)21(27)13-31-25(28)19-7-6-18(29-3)11-23(19)30-4/h5-11H,12-14H2,1-4H3. The van der Waals surface area contributed by atoms with Crippen LogP contribution in [-0.2, 0) is 11.3 Å². The number of hydrogen-bond acceptors (Lipinski definition) is 7. The molecule has 2 aromatic carbocycles. The Morgan fingerprint density at radius 2 is 1.73 bits per heavy atom. The van der Waals surface area contributed by atoms with E-state index in [1.807, 2.05) is 42.7 Å². The summed E-state index contributed by atoms with van der Waals surface area (Å²) in [5.74, 6) is 1.39. The number of aryl methyl sites for hydroxylation is 1. The predicted octanol–water partition coefficient (Wildman–Crippen LogP) is 3.94. The first-order chi connectivity index (χ1) is 15.9. The Morgan fingerprint density at radius 1 is 0.939 bits per heavy atom. The number of ether oxygens (including phenoxy) is 5. The predicted molar refractivity (Wildman–Crippen MR) is 120 cm³/mol. The van der Waals surface area contributed by atoms with Crippen molar-refractivity contribution in [1.82, 2.24) is 4.57 Å². The van der Waals surface area contributed by atoms with Crippen molar-refractivity contribution in [3.05, 3.63) is 70.5 Å². The second-order valence-corrected chi connectivity index (χ2v) is 7.62. The van der Waals surface area contributed by atoms with Gasteiger partial charge in [-0.05, 0) is 49.7 Å². The highest BCUT2D eigenvalue weighted by Crippen LogP contribution is 2.33. The summed E-state index contributed by atoms with van der Waals surface area (Å²) in [5.41, 5.74) is 3.49. The zero-order chi connectivity index (χ0) is 23.5. The minimum absolute atomic E-state index is 0.222. The van der Waals surface area contributed by atoms with Crippen molar-refractivity contribution < 1.29 is 33.3 Å². The molecule has 0 saturated heterocycles. The summed E-state index contributed by atoms with van der Waals surface area (Å²) in [4.78, 5) is 25.4. The lowest BCUT2D eigenvalue weighted by Crippen LogP contribution is -2.16. The lowest BCUT2D eigenvalue weighted by atomic mass is 10.1. The molecule has 172 valence electrons. The Morgan fingerprint density at radius 3 is 2.48 bits per heavy atom. The molecule has 0 amide bonds. The molecule has 4 rings (SSSR count). The number of ketones is 1. The molecule has 0 bridgehead atoms. The third-order valence-corrected chi connectivity index (χ3v) is 5.61. The van der Waals surface area contributed by atoms with Gasteiger partial charge >= 0.3 is 5.97 Å². The van der Waals surface area contributed by atoms with Crippen molar-refractivity contribution in [3.63, 3.8) is 0 Å². The van der Waals surface area contributed by atoms with Crippen LogP contribution >= 0.6 is 0 Å². The molecule has 33 heavy (non-hydrogen) atoms. The highest BCUT2D eigenvalue weighted by atomic mass is 16.7. The maximum atomic E-state index is 12.8. The molecule has 0 aliphatic carbocycles. The number of Topliss-reactive ketones (excluding diaryl/α,β-unsaturated/α-hetero) is 1. The van der Waals surface area contributed by atoms with Crippen LogP contribution in [0.4, 0.5) is 0 Å². The summed E-state index contributed by atoms with van der Waals surface area (Å²) in [6.45, 7) is 4.24. The Kier molecular flexibility index (Phi) is 6.26. The lowest BCUT2D eigenvalue weighted by molar-refractivity contribution is 0.0471. The van der Waals surface area contributed by atoms with Gasteiger partial charge in [0.15, 0.2) is 18.1 Å². The minimum Gasteiger partial charge on any atom is -0.497 e. The zero-order valence-corrected chi connectivity index (χ0v) is 19.0. The van der Waals surface area contributed by atoms with Gasteiger partial charge in [0.2, 0.25) is 12.6 Å². The van der Waals surface area contributed by atoms with Gasteiger partial charge in [0.25, 0.3) is 0 Å². The average Bonchev–Trinajstić information content (AvgIpc) is 3.41. The Bertz CT molecular complexity index is 1210. The number of fused-ring (bicyclic) bond motifs is 1. The van der Waals surface area contributed by atoms with Crippen LogP contribution in [0, 0.1) is 13.8 Å². The maximum Gasteiger partial charge on any atom is 0.342 e. The van der Waals surface area contributed by atoms with Gasteiger partial charge in [0, 0.05) is 29.6 Å². The lowest BCUT2D eigenvalue weighted by Gasteiger charge is -2.11. The number of rotatable bonds is 8. The van der Waals surface area contributed by atoms with Crippen molar-refractivity contribution in [2.75, 3.05) is 27.6 Å². The molecule has 1 aliphatic heterocycles. The minimum atomic E-state index is -0.642. The van der Waals surface area contributed by atoms with Gasteiger partial charge < -0.3 is 28.3 Å². The van der Waals surface area contributed by atoms with E-state index in [1.54, 1.807) is 18.2 Å². The number of aromatic nitrogens is 1. The third-order valence-electron chi connectivity index (χ3n) is 5.61. The quantitative estimate of drug-likeness (QED) is 0.379. The molecule has 0 atom stereocenters. The molecule has 0 unspecified atom stereocenters. The van der Waals surface area contributed by atoms with Gasteiger partial charge in [-0.2, -0.15) is 0 Å². The molecule has 3 aromatic rings. The topological polar surface area (TPSA) is 85.2 Å². The highest BCUT2D eigenvalue weighted by Gasteiger charge is 2.21. The average molecular weight is 451 g/mol. The molecular formula is C25H25NO7. The second-order valence-electron chi connectivity index (χ2n) is 7.62. The molecule has 0 spiro atoms. The van der Waals surface area contributed by atoms with E-state index in [2.05, 4.69) is 0 Å². The number of benzene rings is 2. The van der Waals surface area contributed by atoms with Gasteiger partial charge in [0.05, 0.1) is 14.2 Å². The monoisotopic (exact) mass is 451 g/mol. The zero-order valence-electron chi connectivity index (χ0n) is 19.0. The smallest absolute Gasteiger partial charge is 0.342 e. The van der Waals surface area contributed by atoms with Gasteiger partial charge in [-0.25, -0.2) is 4.79 Å². The van der Waals surface area contributed by atoms with Crippen LogP contribution in [0.25, 0.3) is 0 Å². The van der Waals surface area contributed by atoms with Gasteiger partial charge in [-0.3, -0.25) is 4.79 Å². The van der Waals surface area contributed by atoms with Gasteiger partial charge in [-0.1, -0.05) is 6.07 Å². The normalized spacial score (nSPS) is 11.9. The maximum absolute atomic E-state index is 12.8.